The normalized spacial score (nSPS) is 29.5. The molecule has 2 heterocycles. The van der Waals surface area contributed by atoms with Crippen molar-refractivity contribution in [1.82, 2.24) is 29.9 Å². The van der Waals surface area contributed by atoms with Gasteiger partial charge in [0.2, 0.25) is 23.8 Å². The summed E-state index contributed by atoms with van der Waals surface area (Å²) in [6.45, 7) is 0. The van der Waals surface area contributed by atoms with E-state index in [1.807, 2.05) is 0 Å². The van der Waals surface area contributed by atoms with Gasteiger partial charge in [-0.05, 0) is 82.5 Å². The molecule has 2 unspecified atom stereocenters. The minimum atomic E-state index is 0.307. The van der Waals surface area contributed by atoms with Crippen LogP contribution in [0.4, 0.5) is 23.8 Å². The Morgan fingerprint density at radius 3 is 0.915 bits per heavy atom. The first-order valence-electron chi connectivity index (χ1n) is 19.8. The molecule has 47 heavy (non-hydrogen) atoms. The third kappa shape index (κ3) is 7.77. The Morgan fingerprint density at radius 2 is 0.638 bits per heavy atom. The van der Waals surface area contributed by atoms with E-state index in [9.17, 15) is 0 Å². The molecule has 4 N–H and O–H groups in total. The van der Waals surface area contributed by atoms with E-state index in [-0.39, 0.29) is 0 Å². The predicted octanol–water partition coefficient (Wildman–Crippen LogP) is 8.33. The van der Waals surface area contributed by atoms with E-state index in [2.05, 4.69) is 21.3 Å². The first-order chi connectivity index (χ1) is 23.2. The number of anilines is 4. The Labute approximate surface area is 281 Å². The number of fused-ring (bicyclic) bond motifs is 2. The van der Waals surface area contributed by atoms with E-state index in [1.165, 1.54) is 135 Å². The zero-order valence-corrected chi connectivity index (χ0v) is 28.6. The zero-order valence-electron chi connectivity index (χ0n) is 28.6. The Balaban J connectivity index is 1.06. The molecule has 6 saturated carbocycles. The van der Waals surface area contributed by atoms with Gasteiger partial charge in [0.05, 0.1) is 0 Å². The van der Waals surface area contributed by atoms with Crippen LogP contribution in [0.2, 0.25) is 0 Å². The largest absolute Gasteiger partial charge is 0.351 e. The highest BCUT2D eigenvalue weighted by atomic mass is 15.3. The maximum atomic E-state index is 5.19. The summed E-state index contributed by atoms with van der Waals surface area (Å²) in [4.78, 5) is 30.7. The van der Waals surface area contributed by atoms with Crippen LogP contribution in [0.3, 0.4) is 0 Å². The molecule has 10 heteroatoms. The van der Waals surface area contributed by atoms with E-state index in [4.69, 9.17) is 29.9 Å². The molecule has 0 spiro atoms. The molecule has 0 amide bonds. The molecule has 6 aliphatic rings. The number of aromatic nitrogens is 6. The van der Waals surface area contributed by atoms with Crippen molar-refractivity contribution in [3.8, 4) is 0 Å². The van der Waals surface area contributed by atoms with Crippen LogP contribution in [0.25, 0.3) is 0 Å². The summed E-state index contributed by atoms with van der Waals surface area (Å²) in [7, 11) is 0. The molecule has 0 aromatic carbocycles. The zero-order chi connectivity index (χ0) is 31.4. The van der Waals surface area contributed by atoms with Crippen molar-refractivity contribution in [2.24, 2.45) is 11.8 Å². The molecular formula is C37H58N10. The van der Waals surface area contributed by atoms with Crippen LogP contribution in [0.5, 0.6) is 0 Å². The van der Waals surface area contributed by atoms with Gasteiger partial charge in [0.1, 0.15) is 11.6 Å². The lowest BCUT2D eigenvalue weighted by atomic mass is 9.79. The van der Waals surface area contributed by atoms with Gasteiger partial charge in [-0.1, -0.05) is 77.0 Å². The Kier molecular flexibility index (Phi) is 9.90. The van der Waals surface area contributed by atoms with Gasteiger partial charge in [0, 0.05) is 36.0 Å². The van der Waals surface area contributed by atoms with Gasteiger partial charge in [-0.3, -0.25) is 0 Å². The summed E-state index contributed by atoms with van der Waals surface area (Å²) in [5, 5.41) is 15.0. The van der Waals surface area contributed by atoms with Gasteiger partial charge in [0.15, 0.2) is 0 Å². The monoisotopic (exact) mass is 642 g/mol. The lowest BCUT2D eigenvalue weighted by molar-refractivity contribution is 0.346. The first kappa shape index (κ1) is 31.5. The number of nitrogens with zero attached hydrogens (tertiary/aromatic N) is 6. The topological polar surface area (TPSA) is 125 Å². The second-order valence-electron chi connectivity index (χ2n) is 16.0. The number of hydrogen-bond donors (Lipinski definition) is 4. The first-order valence-corrected chi connectivity index (χ1v) is 19.8. The van der Waals surface area contributed by atoms with Crippen LogP contribution in [-0.2, 0) is 0 Å². The van der Waals surface area contributed by atoms with Crippen LogP contribution >= 0.6 is 0 Å². The fourth-order valence-corrected chi connectivity index (χ4v) is 10.0. The fraction of sp³-hybridized carbons (Fsp3) is 0.838. The summed E-state index contributed by atoms with van der Waals surface area (Å²) in [5.74, 6) is 6.78. The number of hydrogen-bond acceptors (Lipinski definition) is 10. The minimum absolute atomic E-state index is 0.307. The lowest BCUT2D eigenvalue weighted by Gasteiger charge is -2.30. The molecule has 0 aliphatic heterocycles. The van der Waals surface area contributed by atoms with Crippen molar-refractivity contribution in [3.05, 3.63) is 11.6 Å². The van der Waals surface area contributed by atoms with Crippen molar-refractivity contribution >= 4 is 23.8 Å². The summed E-state index contributed by atoms with van der Waals surface area (Å²) in [6, 6.07) is 1.85. The van der Waals surface area contributed by atoms with Crippen molar-refractivity contribution in [2.45, 2.75) is 184 Å². The standard InChI is InChI=1S/C37H58N10/c1-5-13-25(14-6-1)38-34-42-32(43-35(46-34)39-26-15-7-2-8-16-26)30-22-24-21-29(30)31(23-24)33-44-36(40-27-17-9-3-10-18-27)47-37(45-33)41-28-19-11-4-12-20-28/h24-31H,1-23H2,(H2,38,39,42,43,46)(H2,40,41,44,45,47). The Bertz CT molecular complexity index is 1140. The van der Waals surface area contributed by atoms with Crippen molar-refractivity contribution in [1.29, 1.82) is 0 Å². The maximum Gasteiger partial charge on any atom is 0.227 e. The highest BCUT2D eigenvalue weighted by Crippen LogP contribution is 2.58. The molecule has 256 valence electrons. The van der Waals surface area contributed by atoms with Gasteiger partial charge in [0.25, 0.3) is 0 Å². The Hall–Kier alpha value is -2.78. The van der Waals surface area contributed by atoms with Crippen LogP contribution in [0, 0.1) is 11.8 Å². The van der Waals surface area contributed by atoms with E-state index in [1.54, 1.807) is 0 Å². The molecule has 0 saturated heterocycles. The summed E-state index contributed by atoms with van der Waals surface area (Å²) in [6.07, 6.45) is 28.8. The fourth-order valence-electron chi connectivity index (χ4n) is 10.0. The molecule has 6 fully saturated rings. The SMILES string of the molecule is C1CCC(Nc2nc(NC3CCCCC3)nc(C3CC4CC(c5nc(NC6CCCCC6)nc(NC6CCCCC6)n5)C3C4)n2)CC1. The average molecular weight is 643 g/mol. The second-order valence-corrected chi connectivity index (χ2v) is 16.0. The van der Waals surface area contributed by atoms with E-state index < -0.39 is 0 Å². The predicted molar refractivity (Wildman–Crippen MR) is 188 cm³/mol. The average Bonchev–Trinajstić information content (AvgIpc) is 3.72. The van der Waals surface area contributed by atoms with E-state index >= 15 is 0 Å². The second kappa shape index (κ2) is 14.8. The highest BCUT2D eigenvalue weighted by molar-refractivity contribution is 5.39. The molecule has 2 aromatic heterocycles. The van der Waals surface area contributed by atoms with Gasteiger partial charge < -0.3 is 21.3 Å². The van der Waals surface area contributed by atoms with Gasteiger partial charge in [-0.25, -0.2) is 0 Å². The molecule has 8 rings (SSSR count). The van der Waals surface area contributed by atoms with Crippen LogP contribution in [0.15, 0.2) is 0 Å². The summed E-state index contributed by atoms with van der Waals surface area (Å²) >= 11 is 0. The third-order valence-electron chi connectivity index (χ3n) is 12.5. The molecule has 0 radical (unpaired) electrons. The van der Waals surface area contributed by atoms with Crippen LogP contribution in [0.1, 0.15) is 171 Å². The molecule has 2 aromatic rings. The van der Waals surface area contributed by atoms with Crippen molar-refractivity contribution in [3.63, 3.8) is 0 Å². The Morgan fingerprint density at radius 1 is 0.340 bits per heavy atom. The molecule has 2 bridgehead atoms. The summed E-state index contributed by atoms with van der Waals surface area (Å²) in [5.41, 5.74) is 0. The molecule has 2 atom stereocenters. The lowest BCUT2D eigenvalue weighted by Crippen LogP contribution is -2.29. The van der Waals surface area contributed by atoms with Crippen LogP contribution in [-0.4, -0.2) is 54.1 Å². The van der Waals surface area contributed by atoms with Gasteiger partial charge >= 0.3 is 0 Å². The van der Waals surface area contributed by atoms with Crippen molar-refractivity contribution < 1.29 is 0 Å². The number of nitrogens with one attached hydrogen (secondary N) is 4. The maximum absolute atomic E-state index is 5.19. The van der Waals surface area contributed by atoms with Crippen molar-refractivity contribution in [2.75, 3.05) is 21.3 Å². The third-order valence-corrected chi connectivity index (χ3v) is 12.5. The number of rotatable bonds is 10. The quantitative estimate of drug-likeness (QED) is 0.201. The highest BCUT2D eigenvalue weighted by Gasteiger charge is 2.50. The van der Waals surface area contributed by atoms with Crippen LogP contribution < -0.4 is 21.3 Å². The smallest absolute Gasteiger partial charge is 0.227 e. The molecule has 10 nitrogen and oxygen atoms in total. The van der Waals surface area contributed by atoms with Gasteiger partial charge in [-0.15, -0.1) is 0 Å². The molecule has 6 aliphatic carbocycles. The minimum Gasteiger partial charge on any atom is -0.351 e. The van der Waals surface area contributed by atoms with E-state index in [0.29, 0.717) is 47.8 Å². The van der Waals surface area contributed by atoms with Gasteiger partial charge in [-0.2, -0.15) is 29.9 Å². The summed E-state index contributed by atoms with van der Waals surface area (Å²) < 4.78 is 0. The molecular weight excluding hydrogens is 584 g/mol. The van der Waals surface area contributed by atoms with E-state index in [0.717, 1.165) is 48.3 Å².